The Bertz CT molecular complexity index is 383. The Morgan fingerprint density at radius 2 is 1.82 bits per heavy atom. The minimum Gasteiger partial charge on any atom is -0.389 e. The minimum atomic E-state index is -0.942. The number of hydrogen-bond acceptors (Lipinski definition) is 4. The van der Waals surface area contributed by atoms with Crippen LogP contribution in [0, 0.1) is 13.8 Å². The molecule has 0 saturated carbocycles. The van der Waals surface area contributed by atoms with E-state index in [0.29, 0.717) is 0 Å². The fourth-order valence-electron chi connectivity index (χ4n) is 1.78. The summed E-state index contributed by atoms with van der Waals surface area (Å²) >= 11 is 1.03. The lowest BCUT2D eigenvalue weighted by atomic mass is 9.95. The van der Waals surface area contributed by atoms with Crippen LogP contribution in [0.3, 0.4) is 0 Å². The van der Waals surface area contributed by atoms with E-state index in [4.69, 9.17) is 0 Å². The van der Waals surface area contributed by atoms with Crippen molar-refractivity contribution in [1.82, 2.24) is 0 Å². The van der Waals surface area contributed by atoms with Gasteiger partial charge in [0.25, 0.3) is 0 Å². The molecule has 1 rings (SSSR count). The molecule has 0 aliphatic rings. The van der Waals surface area contributed by atoms with Crippen LogP contribution in [0.25, 0.3) is 0 Å². The van der Waals surface area contributed by atoms with Crippen molar-refractivity contribution in [3.8, 4) is 0 Å². The van der Waals surface area contributed by atoms with Gasteiger partial charge in [0.2, 0.25) is 0 Å². The van der Waals surface area contributed by atoms with Crippen LogP contribution in [0.4, 0.5) is 0 Å². The molecule has 94 valence electrons. The topological polar surface area (TPSA) is 57.5 Å². The zero-order valence-corrected chi connectivity index (χ0v) is 11.1. The Hall–Kier alpha value is -0.840. The number of hydrogen-bond donors (Lipinski definition) is 2. The summed E-state index contributed by atoms with van der Waals surface area (Å²) in [6, 6.07) is 5.71. The van der Waals surface area contributed by atoms with E-state index in [1.54, 1.807) is 0 Å². The van der Waals surface area contributed by atoms with Gasteiger partial charge in [-0.1, -0.05) is 30.0 Å². The zero-order chi connectivity index (χ0) is 13.0. The maximum Gasteiger partial charge on any atom is 0.185 e. The molecular weight excluding hydrogens is 236 g/mol. The standard InChI is InChI=1S/C13H18O3S/c1-8-5-4-6-9(2)12(8)13(16)11(15)7-17-10(3)14/h4-6,11,13,15-16H,7H2,1-3H3. The van der Waals surface area contributed by atoms with Crippen molar-refractivity contribution in [1.29, 1.82) is 0 Å². The molecule has 17 heavy (non-hydrogen) atoms. The Kier molecular flexibility index (Phi) is 5.18. The summed E-state index contributed by atoms with van der Waals surface area (Å²) in [7, 11) is 0. The molecule has 2 N–H and O–H groups in total. The van der Waals surface area contributed by atoms with E-state index in [1.807, 2.05) is 32.0 Å². The maximum absolute atomic E-state index is 10.8. The second-order valence-electron chi connectivity index (χ2n) is 4.12. The molecule has 0 radical (unpaired) electrons. The molecule has 0 bridgehead atoms. The lowest BCUT2D eigenvalue weighted by Crippen LogP contribution is -2.22. The number of aryl methyl sites for hydroxylation is 2. The van der Waals surface area contributed by atoms with Crippen molar-refractivity contribution in [2.45, 2.75) is 33.0 Å². The van der Waals surface area contributed by atoms with Gasteiger partial charge in [-0.2, -0.15) is 0 Å². The van der Waals surface area contributed by atoms with E-state index in [1.165, 1.54) is 6.92 Å². The Morgan fingerprint density at radius 3 is 2.29 bits per heavy atom. The van der Waals surface area contributed by atoms with Gasteiger partial charge in [0.1, 0.15) is 6.10 Å². The number of aliphatic hydroxyl groups excluding tert-OH is 2. The smallest absolute Gasteiger partial charge is 0.185 e. The van der Waals surface area contributed by atoms with Crippen molar-refractivity contribution >= 4 is 16.9 Å². The van der Waals surface area contributed by atoms with Crippen LogP contribution in [0.2, 0.25) is 0 Å². The first kappa shape index (κ1) is 14.2. The molecule has 0 spiro atoms. The minimum absolute atomic E-state index is 0.0576. The van der Waals surface area contributed by atoms with Gasteiger partial charge in [0.05, 0.1) is 6.10 Å². The highest BCUT2D eigenvalue weighted by Crippen LogP contribution is 2.26. The SMILES string of the molecule is CC(=O)SCC(O)C(O)c1c(C)cccc1C. The van der Waals surface area contributed by atoms with Gasteiger partial charge in [0.15, 0.2) is 5.12 Å². The van der Waals surface area contributed by atoms with E-state index in [9.17, 15) is 15.0 Å². The highest BCUT2D eigenvalue weighted by Gasteiger charge is 2.22. The molecular formula is C13H18O3S. The van der Waals surface area contributed by atoms with E-state index >= 15 is 0 Å². The molecule has 2 atom stereocenters. The molecule has 0 fully saturated rings. The third-order valence-electron chi connectivity index (χ3n) is 2.66. The van der Waals surface area contributed by atoms with Crippen LogP contribution >= 0.6 is 11.8 Å². The number of thioether (sulfide) groups is 1. The van der Waals surface area contributed by atoms with Crippen LogP contribution in [-0.2, 0) is 4.79 Å². The normalized spacial score (nSPS) is 14.4. The fourth-order valence-corrected chi connectivity index (χ4v) is 2.37. The van der Waals surface area contributed by atoms with Crippen LogP contribution in [0.1, 0.15) is 29.7 Å². The zero-order valence-electron chi connectivity index (χ0n) is 10.3. The van der Waals surface area contributed by atoms with Crippen LogP contribution in [-0.4, -0.2) is 27.2 Å². The lowest BCUT2D eigenvalue weighted by Gasteiger charge is -2.21. The molecule has 0 aromatic heterocycles. The van der Waals surface area contributed by atoms with Gasteiger partial charge in [-0.15, -0.1) is 0 Å². The van der Waals surface area contributed by atoms with Gasteiger partial charge >= 0.3 is 0 Å². The van der Waals surface area contributed by atoms with Gasteiger partial charge < -0.3 is 10.2 Å². The van der Waals surface area contributed by atoms with Gasteiger partial charge in [-0.05, 0) is 30.5 Å². The number of carbonyl (C=O) groups excluding carboxylic acids is 1. The number of carbonyl (C=O) groups is 1. The van der Waals surface area contributed by atoms with E-state index < -0.39 is 12.2 Å². The second kappa shape index (κ2) is 6.19. The molecule has 1 aromatic rings. The monoisotopic (exact) mass is 254 g/mol. The number of benzene rings is 1. The molecule has 0 saturated heterocycles. The van der Waals surface area contributed by atoms with Crippen molar-refractivity contribution in [2.75, 3.05) is 5.75 Å². The molecule has 4 heteroatoms. The van der Waals surface area contributed by atoms with Crippen LogP contribution < -0.4 is 0 Å². The second-order valence-corrected chi connectivity index (χ2v) is 5.32. The first-order valence-corrected chi connectivity index (χ1v) is 6.47. The summed E-state index contributed by atoms with van der Waals surface area (Å²) in [5, 5.41) is 19.9. The van der Waals surface area contributed by atoms with Crippen LogP contribution in [0.5, 0.6) is 0 Å². The van der Waals surface area contributed by atoms with Crippen molar-refractivity contribution in [3.63, 3.8) is 0 Å². The van der Waals surface area contributed by atoms with Crippen LogP contribution in [0.15, 0.2) is 18.2 Å². The summed E-state index contributed by atoms with van der Waals surface area (Å²) in [5.41, 5.74) is 2.65. The maximum atomic E-state index is 10.8. The average Bonchev–Trinajstić information content (AvgIpc) is 2.25. The van der Waals surface area contributed by atoms with E-state index in [0.717, 1.165) is 28.5 Å². The Labute approximate surface area is 106 Å². The molecule has 0 aliphatic carbocycles. The summed E-state index contributed by atoms with van der Waals surface area (Å²) in [5.74, 6) is 0.213. The largest absolute Gasteiger partial charge is 0.389 e. The highest BCUT2D eigenvalue weighted by atomic mass is 32.2. The predicted octanol–water partition coefficient (Wildman–Crippen LogP) is 1.98. The molecule has 3 nitrogen and oxygen atoms in total. The van der Waals surface area contributed by atoms with E-state index in [2.05, 4.69) is 0 Å². The Balaban J connectivity index is 2.81. The van der Waals surface area contributed by atoms with Crippen molar-refractivity contribution in [2.24, 2.45) is 0 Å². The van der Waals surface area contributed by atoms with Crippen molar-refractivity contribution < 1.29 is 15.0 Å². The number of rotatable bonds is 4. The highest BCUT2D eigenvalue weighted by molar-refractivity contribution is 8.13. The summed E-state index contributed by atoms with van der Waals surface area (Å²) < 4.78 is 0. The fraction of sp³-hybridized carbons (Fsp3) is 0.462. The third kappa shape index (κ3) is 3.84. The molecule has 2 unspecified atom stereocenters. The quantitative estimate of drug-likeness (QED) is 0.862. The Morgan fingerprint density at radius 1 is 1.29 bits per heavy atom. The molecule has 1 aromatic carbocycles. The summed E-state index contributed by atoms with van der Waals surface area (Å²) in [4.78, 5) is 10.8. The van der Waals surface area contributed by atoms with Gasteiger partial charge in [-0.25, -0.2) is 0 Å². The lowest BCUT2D eigenvalue weighted by molar-refractivity contribution is -0.109. The molecule has 0 aliphatic heterocycles. The molecule has 0 heterocycles. The van der Waals surface area contributed by atoms with E-state index in [-0.39, 0.29) is 10.9 Å². The first-order valence-electron chi connectivity index (χ1n) is 5.49. The third-order valence-corrected chi connectivity index (χ3v) is 3.57. The predicted molar refractivity (Wildman–Crippen MR) is 70.0 cm³/mol. The van der Waals surface area contributed by atoms with Crippen molar-refractivity contribution in [3.05, 3.63) is 34.9 Å². The average molecular weight is 254 g/mol. The summed E-state index contributed by atoms with van der Waals surface area (Å²) in [6.07, 6.45) is -1.87. The van der Waals surface area contributed by atoms with Gasteiger partial charge in [-0.3, -0.25) is 4.79 Å². The number of aliphatic hydroxyl groups is 2. The first-order chi connectivity index (χ1) is 7.93. The van der Waals surface area contributed by atoms with Gasteiger partial charge in [0, 0.05) is 12.7 Å². The molecule has 0 amide bonds. The summed E-state index contributed by atoms with van der Waals surface area (Å²) in [6.45, 7) is 5.25.